The van der Waals surface area contributed by atoms with Crippen molar-refractivity contribution in [2.45, 2.75) is 27.2 Å². The molecule has 0 radical (unpaired) electrons. The largest absolute Gasteiger partial charge is 0.393 e. The molecule has 0 aromatic heterocycles. The van der Waals surface area contributed by atoms with E-state index in [0.29, 0.717) is 11.8 Å². The molecule has 4 rings (SSSR count). The standard InChI is InChI=1S/C14H18O3/c1-6(2)8-5-9-7(3)4-10(8)12-11(9)13(15)17-14(12)16/h4,6,8-12H,5H2,1-3H3/t8?,9-,10+,11-,12+/m0/s1. The number of esters is 2. The number of ether oxygens (including phenoxy) is 1. The third-order valence-electron chi connectivity index (χ3n) is 4.90. The minimum atomic E-state index is -0.288. The number of fused-ring (bicyclic) bond motifs is 1. The van der Waals surface area contributed by atoms with Crippen LogP contribution < -0.4 is 0 Å². The van der Waals surface area contributed by atoms with E-state index in [1.165, 1.54) is 5.57 Å². The second-order valence-corrected chi connectivity index (χ2v) is 6.03. The lowest BCUT2D eigenvalue weighted by atomic mass is 9.54. The highest BCUT2D eigenvalue weighted by molar-refractivity contribution is 5.97. The molecule has 2 fully saturated rings. The molecule has 0 spiro atoms. The Kier molecular flexibility index (Phi) is 2.22. The summed E-state index contributed by atoms with van der Waals surface area (Å²) >= 11 is 0. The second kappa shape index (κ2) is 3.44. The van der Waals surface area contributed by atoms with Crippen molar-refractivity contribution in [1.29, 1.82) is 0 Å². The molecule has 2 bridgehead atoms. The molecule has 17 heavy (non-hydrogen) atoms. The molecule has 3 heteroatoms. The van der Waals surface area contributed by atoms with E-state index in [1.807, 2.05) is 0 Å². The van der Waals surface area contributed by atoms with Gasteiger partial charge in [-0.05, 0) is 37.0 Å². The molecule has 1 saturated carbocycles. The molecule has 5 atom stereocenters. The van der Waals surface area contributed by atoms with Crippen LogP contribution >= 0.6 is 0 Å². The number of rotatable bonds is 1. The predicted molar refractivity (Wildman–Crippen MR) is 61.8 cm³/mol. The Balaban J connectivity index is 2.04. The van der Waals surface area contributed by atoms with Crippen molar-refractivity contribution >= 4 is 11.9 Å². The number of carbonyl (C=O) groups is 2. The number of allylic oxidation sites excluding steroid dienone is 2. The van der Waals surface area contributed by atoms with Crippen LogP contribution in [-0.4, -0.2) is 11.9 Å². The first kappa shape index (κ1) is 11.0. The maximum atomic E-state index is 11.8. The third-order valence-corrected chi connectivity index (χ3v) is 4.90. The topological polar surface area (TPSA) is 43.4 Å². The van der Waals surface area contributed by atoms with Crippen LogP contribution in [0, 0.1) is 35.5 Å². The zero-order chi connectivity index (χ0) is 12.3. The monoisotopic (exact) mass is 234 g/mol. The molecule has 1 unspecified atom stereocenters. The van der Waals surface area contributed by atoms with Crippen LogP contribution in [0.1, 0.15) is 27.2 Å². The van der Waals surface area contributed by atoms with Crippen molar-refractivity contribution in [3.8, 4) is 0 Å². The van der Waals surface area contributed by atoms with Gasteiger partial charge in [-0.3, -0.25) is 9.59 Å². The van der Waals surface area contributed by atoms with Gasteiger partial charge in [0.25, 0.3) is 0 Å². The van der Waals surface area contributed by atoms with Gasteiger partial charge in [-0.1, -0.05) is 25.5 Å². The Bertz CT molecular complexity index is 421. The summed E-state index contributed by atoms with van der Waals surface area (Å²) in [5.41, 5.74) is 1.28. The molecule has 1 saturated heterocycles. The molecule has 3 aliphatic carbocycles. The van der Waals surface area contributed by atoms with Crippen LogP contribution in [0.5, 0.6) is 0 Å². The Hall–Kier alpha value is -1.12. The van der Waals surface area contributed by atoms with E-state index in [2.05, 4.69) is 26.8 Å². The van der Waals surface area contributed by atoms with E-state index in [9.17, 15) is 9.59 Å². The summed E-state index contributed by atoms with van der Waals surface area (Å²) in [5, 5.41) is 0. The Morgan fingerprint density at radius 1 is 1.24 bits per heavy atom. The fraction of sp³-hybridized carbons (Fsp3) is 0.714. The number of hydrogen-bond acceptors (Lipinski definition) is 3. The smallest absolute Gasteiger partial charge is 0.318 e. The predicted octanol–water partition coefficient (Wildman–Crippen LogP) is 2.17. The van der Waals surface area contributed by atoms with Crippen LogP contribution in [0.15, 0.2) is 11.6 Å². The van der Waals surface area contributed by atoms with Gasteiger partial charge in [-0.25, -0.2) is 0 Å². The summed E-state index contributed by atoms with van der Waals surface area (Å²) in [4.78, 5) is 23.6. The molecule has 3 nitrogen and oxygen atoms in total. The third kappa shape index (κ3) is 1.34. The van der Waals surface area contributed by atoms with Crippen molar-refractivity contribution < 1.29 is 14.3 Å². The average molecular weight is 234 g/mol. The van der Waals surface area contributed by atoms with Gasteiger partial charge in [0, 0.05) is 0 Å². The average Bonchev–Trinajstić information content (AvgIpc) is 2.56. The lowest BCUT2D eigenvalue weighted by molar-refractivity contribution is -0.154. The minimum Gasteiger partial charge on any atom is -0.393 e. The first-order valence-electron chi connectivity index (χ1n) is 6.44. The van der Waals surface area contributed by atoms with Crippen molar-refractivity contribution in [3.63, 3.8) is 0 Å². The number of hydrogen-bond donors (Lipinski definition) is 0. The minimum absolute atomic E-state index is 0.188. The van der Waals surface area contributed by atoms with Crippen LogP contribution in [0.25, 0.3) is 0 Å². The van der Waals surface area contributed by atoms with Gasteiger partial charge in [0.05, 0.1) is 11.8 Å². The van der Waals surface area contributed by atoms with Crippen molar-refractivity contribution in [2.24, 2.45) is 35.5 Å². The van der Waals surface area contributed by atoms with E-state index >= 15 is 0 Å². The van der Waals surface area contributed by atoms with Crippen LogP contribution in [0.3, 0.4) is 0 Å². The summed E-state index contributed by atoms with van der Waals surface area (Å²) in [6.07, 6.45) is 3.26. The first-order valence-corrected chi connectivity index (χ1v) is 6.44. The maximum absolute atomic E-state index is 11.8. The maximum Gasteiger partial charge on any atom is 0.318 e. The quantitative estimate of drug-likeness (QED) is 0.397. The summed E-state index contributed by atoms with van der Waals surface area (Å²) in [6.45, 7) is 6.48. The zero-order valence-corrected chi connectivity index (χ0v) is 10.5. The molecule has 4 aliphatic rings. The molecule has 92 valence electrons. The lowest BCUT2D eigenvalue weighted by Gasteiger charge is -2.47. The first-order chi connectivity index (χ1) is 8.00. The Labute approximate surface area is 101 Å². The van der Waals surface area contributed by atoms with E-state index in [1.54, 1.807) is 0 Å². The molecular formula is C14H18O3. The number of carbonyl (C=O) groups excluding carboxylic acids is 2. The fourth-order valence-electron chi connectivity index (χ4n) is 4.04. The van der Waals surface area contributed by atoms with Crippen LogP contribution in [0.2, 0.25) is 0 Å². The summed E-state index contributed by atoms with van der Waals surface area (Å²) in [7, 11) is 0. The van der Waals surface area contributed by atoms with E-state index in [4.69, 9.17) is 4.74 Å². The Morgan fingerprint density at radius 2 is 1.88 bits per heavy atom. The van der Waals surface area contributed by atoms with Crippen LogP contribution in [0.4, 0.5) is 0 Å². The molecular weight excluding hydrogens is 216 g/mol. The highest BCUT2D eigenvalue weighted by atomic mass is 16.6. The molecule has 1 aliphatic heterocycles. The number of cyclic esters (lactones) is 2. The molecule has 0 N–H and O–H groups in total. The van der Waals surface area contributed by atoms with Gasteiger partial charge < -0.3 is 4.74 Å². The highest BCUT2D eigenvalue weighted by Crippen LogP contribution is 2.55. The molecule has 1 heterocycles. The van der Waals surface area contributed by atoms with Gasteiger partial charge in [-0.2, -0.15) is 0 Å². The molecule has 0 amide bonds. The van der Waals surface area contributed by atoms with Crippen molar-refractivity contribution in [1.82, 2.24) is 0 Å². The van der Waals surface area contributed by atoms with Crippen molar-refractivity contribution in [3.05, 3.63) is 11.6 Å². The van der Waals surface area contributed by atoms with Gasteiger partial charge >= 0.3 is 11.9 Å². The zero-order valence-electron chi connectivity index (χ0n) is 10.5. The molecule has 0 aromatic carbocycles. The van der Waals surface area contributed by atoms with E-state index in [0.717, 1.165) is 6.42 Å². The van der Waals surface area contributed by atoms with Gasteiger partial charge in [-0.15, -0.1) is 0 Å². The van der Waals surface area contributed by atoms with E-state index in [-0.39, 0.29) is 35.6 Å². The van der Waals surface area contributed by atoms with Crippen molar-refractivity contribution in [2.75, 3.05) is 0 Å². The van der Waals surface area contributed by atoms with E-state index < -0.39 is 0 Å². The lowest BCUT2D eigenvalue weighted by Crippen LogP contribution is -2.46. The van der Waals surface area contributed by atoms with Gasteiger partial charge in [0.2, 0.25) is 0 Å². The highest BCUT2D eigenvalue weighted by Gasteiger charge is 2.59. The summed E-state index contributed by atoms with van der Waals surface area (Å²) in [6, 6.07) is 0. The normalized spacial score (nSPS) is 43.8. The van der Waals surface area contributed by atoms with Crippen LogP contribution in [-0.2, 0) is 14.3 Å². The summed E-state index contributed by atoms with van der Waals surface area (Å²) < 4.78 is 4.85. The fourth-order valence-corrected chi connectivity index (χ4v) is 4.04. The van der Waals surface area contributed by atoms with Gasteiger partial charge in [0.1, 0.15) is 0 Å². The second-order valence-electron chi connectivity index (χ2n) is 6.03. The SMILES string of the molecule is CC1=C[C@@H]2C(C(C)C)C[C@@H]1[C@@H]1C(=O)OC(=O)[C@@H]12. The Morgan fingerprint density at radius 3 is 2.53 bits per heavy atom. The van der Waals surface area contributed by atoms with Gasteiger partial charge in [0.15, 0.2) is 0 Å². The molecule has 0 aromatic rings. The summed E-state index contributed by atoms with van der Waals surface area (Å²) in [5.74, 6) is 0.554.